The van der Waals surface area contributed by atoms with Crippen LogP contribution in [0.5, 0.6) is 0 Å². The van der Waals surface area contributed by atoms with Gasteiger partial charge in [0.05, 0.1) is 6.04 Å². The first-order chi connectivity index (χ1) is 8.89. The second-order valence-corrected chi connectivity index (χ2v) is 4.80. The van der Waals surface area contributed by atoms with E-state index < -0.39 is 18.3 Å². The fourth-order valence-electron chi connectivity index (χ4n) is 2.27. The molecule has 0 amide bonds. The second-order valence-electron chi connectivity index (χ2n) is 4.80. The van der Waals surface area contributed by atoms with Crippen LogP contribution >= 0.6 is 0 Å². The quantitative estimate of drug-likeness (QED) is 0.888. The summed E-state index contributed by atoms with van der Waals surface area (Å²) in [5.74, 6) is 0. The van der Waals surface area contributed by atoms with Gasteiger partial charge >= 0.3 is 6.18 Å². The summed E-state index contributed by atoms with van der Waals surface area (Å²) < 4.78 is 37.1. The lowest BCUT2D eigenvalue weighted by Crippen LogP contribution is -2.38. The maximum absolute atomic E-state index is 12.4. The summed E-state index contributed by atoms with van der Waals surface area (Å²) in [6.07, 6.45) is -4.97. The van der Waals surface area contributed by atoms with E-state index in [4.69, 9.17) is 10.8 Å². The van der Waals surface area contributed by atoms with Gasteiger partial charge in [0.25, 0.3) is 0 Å². The average molecular weight is 274 g/mol. The van der Waals surface area contributed by atoms with Gasteiger partial charge in [-0.05, 0) is 30.5 Å². The van der Waals surface area contributed by atoms with Crippen molar-refractivity contribution < 1.29 is 18.3 Å². The van der Waals surface area contributed by atoms with E-state index in [9.17, 15) is 13.2 Å². The Morgan fingerprint density at radius 1 is 1.11 bits per heavy atom. The molecule has 0 aliphatic carbocycles. The molecule has 1 aromatic rings. The minimum absolute atomic E-state index is 0.285. The van der Waals surface area contributed by atoms with Crippen molar-refractivity contribution in [3.63, 3.8) is 0 Å². The van der Waals surface area contributed by atoms with Crippen LogP contribution in [0, 0.1) is 0 Å². The van der Waals surface area contributed by atoms with Crippen LogP contribution in [0.15, 0.2) is 24.3 Å². The van der Waals surface area contributed by atoms with E-state index in [0.29, 0.717) is 0 Å². The number of hydrogen-bond donors (Lipinski definition) is 2. The number of halogens is 3. The summed E-state index contributed by atoms with van der Waals surface area (Å²) >= 11 is 0. The lowest BCUT2D eigenvalue weighted by atomic mass is 10.0. The number of nitrogens with zero attached hydrogens (tertiary/aromatic N) is 1. The fraction of sp³-hybridized carbons (Fsp3) is 0.538. The largest absolute Gasteiger partial charge is 0.416 e. The Morgan fingerprint density at radius 2 is 1.63 bits per heavy atom. The number of hydrogen-bond acceptors (Lipinski definition) is 3. The van der Waals surface area contributed by atoms with Crippen LogP contribution in [-0.2, 0) is 0 Å². The summed E-state index contributed by atoms with van der Waals surface area (Å²) in [7, 11) is 0. The van der Waals surface area contributed by atoms with Crippen molar-refractivity contribution >= 4 is 5.69 Å². The Morgan fingerprint density at radius 3 is 2.11 bits per heavy atom. The van der Waals surface area contributed by atoms with Crippen LogP contribution in [0.4, 0.5) is 18.9 Å². The molecule has 1 aromatic carbocycles. The number of nitrogens with two attached hydrogens (primary N) is 1. The number of aliphatic hydroxyl groups is 1. The normalized spacial score (nSPS) is 19.5. The molecule has 3 nitrogen and oxygen atoms in total. The zero-order valence-corrected chi connectivity index (χ0v) is 10.4. The minimum Gasteiger partial charge on any atom is -0.382 e. The third-order valence-electron chi connectivity index (χ3n) is 3.42. The minimum atomic E-state index is -4.70. The molecule has 0 radical (unpaired) electrons. The molecule has 19 heavy (non-hydrogen) atoms. The molecule has 1 saturated heterocycles. The van der Waals surface area contributed by atoms with Crippen molar-refractivity contribution in [1.29, 1.82) is 0 Å². The van der Waals surface area contributed by atoms with Gasteiger partial charge in [-0.15, -0.1) is 0 Å². The first-order valence-corrected chi connectivity index (χ1v) is 6.25. The van der Waals surface area contributed by atoms with Crippen molar-refractivity contribution in [2.75, 3.05) is 18.0 Å². The van der Waals surface area contributed by atoms with Gasteiger partial charge in [-0.1, -0.05) is 12.1 Å². The third-order valence-corrected chi connectivity index (χ3v) is 3.42. The maximum atomic E-state index is 12.4. The molecule has 0 spiro atoms. The van der Waals surface area contributed by atoms with E-state index in [0.717, 1.165) is 31.6 Å². The van der Waals surface area contributed by atoms with E-state index in [-0.39, 0.29) is 5.56 Å². The van der Waals surface area contributed by atoms with Crippen molar-refractivity contribution in [3.05, 3.63) is 29.8 Å². The van der Waals surface area contributed by atoms with E-state index in [1.54, 1.807) is 24.3 Å². The molecule has 0 unspecified atom stereocenters. The molecule has 106 valence electrons. The number of rotatable bonds is 3. The van der Waals surface area contributed by atoms with Crippen molar-refractivity contribution in [1.82, 2.24) is 0 Å². The molecule has 1 aliphatic heterocycles. The molecule has 3 N–H and O–H groups in total. The summed E-state index contributed by atoms with van der Waals surface area (Å²) in [5, 5.41) is 9.13. The van der Waals surface area contributed by atoms with Crippen LogP contribution in [0.2, 0.25) is 0 Å². The first-order valence-electron chi connectivity index (χ1n) is 6.25. The van der Waals surface area contributed by atoms with Crippen molar-refractivity contribution in [3.8, 4) is 0 Å². The summed E-state index contributed by atoms with van der Waals surface area (Å²) in [6.45, 7) is 1.94. The third kappa shape index (κ3) is 3.19. The van der Waals surface area contributed by atoms with Crippen LogP contribution < -0.4 is 10.6 Å². The number of alkyl halides is 3. The average Bonchev–Trinajstić information content (AvgIpc) is 2.90. The fourth-order valence-corrected chi connectivity index (χ4v) is 2.27. The first kappa shape index (κ1) is 14.1. The number of aliphatic hydroxyl groups excluding tert-OH is 1. The molecule has 1 fully saturated rings. The van der Waals surface area contributed by atoms with Crippen LogP contribution in [0.3, 0.4) is 0 Å². The van der Waals surface area contributed by atoms with Gasteiger partial charge in [0.2, 0.25) is 0 Å². The zero-order chi connectivity index (χ0) is 14.0. The van der Waals surface area contributed by atoms with Gasteiger partial charge in [0, 0.05) is 18.8 Å². The molecule has 6 heteroatoms. The van der Waals surface area contributed by atoms with E-state index in [1.165, 1.54) is 0 Å². The van der Waals surface area contributed by atoms with Gasteiger partial charge < -0.3 is 15.7 Å². The highest BCUT2D eigenvalue weighted by Gasteiger charge is 2.42. The Balaban J connectivity index is 2.09. The maximum Gasteiger partial charge on any atom is 0.416 e. The van der Waals surface area contributed by atoms with E-state index in [1.807, 2.05) is 0 Å². The molecule has 0 bridgehead atoms. The smallest absolute Gasteiger partial charge is 0.382 e. The summed E-state index contributed by atoms with van der Waals surface area (Å²) in [6, 6.07) is 5.15. The molecular formula is C13H17F3N2O. The SMILES string of the molecule is N[C@H](c1ccc(N2CCCC2)cc1)[C@@H](O)C(F)(F)F. The van der Waals surface area contributed by atoms with Gasteiger partial charge in [-0.2, -0.15) is 13.2 Å². The highest BCUT2D eigenvalue weighted by molar-refractivity contribution is 5.48. The zero-order valence-electron chi connectivity index (χ0n) is 10.4. The van der Waals surface area contributed by atoms with Crippen LogP contribution in [0.25, 0.3) is 0 Å². The molecule has 0 saturated carbocycles. The lowest BCUT2D eigenvalue weighted by Gasteiger charge is -2.23. The van der Waals surface area contributed by atoms with Crippen molar-refractivity contribution in [2.45, 2.75) is 31.2 Å². The monoisotopic (exact) mass is 274 g/mol. The van der Waals surface area contributed by atoms with Crippen LogP contribution in [0.1, 0.15) is 24.4 Å². The van der Waals surface area contributed by atoms with E-state index in [2.05, 4.69) is 4.90 Å². The lowest BCUT2D eigenvalue weighted by molar-refractivity contribution is -0.210. The molecular weight excluding hydrogens is 257 g/mol. The highest BCUT2D eigenvalue weighted by Crippen LogP contribution is 2.30. The van der Waals surface area contributed by atoms with E-state index >= 15 is 0 Å². The van der Waals surface area contributed by atoms with Gasteiger partial charge in [0.15, 0.2) is 6.10 Å². The standard InChI is InChI=1S/C13H17F3N2O/c14-13(15,16)12(19)11(17)9-3-5-10(6-4-9)18-7-1-2-8-18/h3-6,11-12,19H,1-2,7-8,17H2/t11-,12-/m1/s1. The molecule has 2 rings (SSSR count). The van der Waals surface area contributed by atoms with Crippen molar-refractivity contribution in [2.24, 2.45) is 5.73 Å². The Bertz CT molecular complexity index is 413. The Hall–Kier alpha value is -1.27. The predicted molar refractivity (Wildman–Crippen MR) is 66.9 cm³/mol. The molecule has 0 aromatic heterocycles. The Kier molecular flexibility index (Phi) is 4.01. The molecule has 1 aliphatic rings. The summed E-state index contributed by atoms with van der Waals surface area (Å²) in [4.78, 5) is 2.18. The molecule has 1 heterocycles. The highest BCUT2D eigenvalue weighted by atomic mass is 19.4. The van der Waals surface area contributed by atoms with Crippen LogP contribution in [-0.4, -0.2) is 30.5 Å². The number of anilines is 1. The second kappa shape index (κ2) is 5.38. The van der Waals surface area contributed by atoms with Gasteiger partial charge in [-0.3, -0.25) is 0 Å². The molecule has 2 atom stereocenters. The van der Waals surface area contributed by atoms with Gasteiger partial charge in [0.1, 0.15) is 0 Å². The van der Waals surface area contributed by atoms with Gasteiger partial charge in [-0.25, -0.2) is 0 Å². The Labute approximate surface area is 109 Å². The predicted octanol–water partition coefficient (Wildman–Crippen LogP) is 2.21. The topological polar surface area (TPSA) is 49.5 Å². The summed E-state index contributed by atoms with van der Waals surface area (Å²) in [5.41, 5.74) is 6.71. The number of benzene rings is 1.